The van der Waals surface area contributed by atoms with Crippen LogP contribution in [0.1, 0.15) is 39.5 Å². The molecule has 1 aliphatic rings. The Labute approximate surface area is 161 Å². The lowest BCUT2D eigenvalue weighted by atomic mass is 9.81. The van der Waals surface area contributed by atoms with Crippen LogP contribution in [0.25, 0.3) is 0 Å². The van der Waals surface area contributed by atoms with Gasteiger partial charge in [-0.15, -0.1) is 0 Å². The zero-order valence-electron chi connectivity index (χ0n) is 16.1. The fourth-order valence-electron chi connectivity index (χ4n) is 3.45. The Bertz CT molecular complexity index is 748. The molecule has 1 saturated carbocycles. The van der Waals surface area contributed by atoms with Gasteiger partial charge in [0, 0.05) is 17.5 Å². The van der Waals surface area contributed by atoms with Gasteiger partial charge in [-0.25, -0.2) is 4.99 Å². The van der Waals surface area contributed by atoms with E-state index in [1.807, 2.05) is 74.5 Å². The van der Waals surface area contributed by atoms with Gasteiger partial charge >= 0.3 is 0 Å². The molecule has 0 atom stereocenters. The van der Waals surface area contributed by atoms with Gasteiger partial charge in [0.25, 0.3) is 0 Å². The topological polar surface area (TPSA) is 50.7 Å². The van der Waals surface area contributed by atoms with E-state index in [4.69, 9.17) is 9.73 Å². The minimum absolute atomic E-state index is 0.0541. The summed E-state index contributed by atoms with van der Waals surface area (Å²) in [6.07, 6.45) is 3.65. The predicted molar refractivity (Wildman–Crippen MR) is 110 cm³/mol. The maximum atomic E-state index is 12.5. The van der Waals surface area contributed by atoms with Gasteiger partial charge in [-0.3, -0.25) is 4.79 Å². The summed E-state index contributed by atoms with van der Waals surface area (Å²) in [5, 5.41) is 3.03. The first-order valence-electron chi connectivity index (χ1n) is 9.78. The number of para-hydroxylation sites is 2. The maximum Gasteiger partial charge on any atom is 0.227 e. The van der Waals surface area contributed by atoms with Crippen LogP contribution in [-0.2, 0) is 9.53 Å². The number of carbonyl (C=O) groups excluding carboxylic acids is 1. The molecule has 3 rings (SSSR count). The van der Waals surface area contributed by atoms with Crippen molar-refractivity contribution in [3.8, 4) is 0 Å². The Hall–Kier alpha value is -2.62. The van der Waals surface area contributed by atoms with Crippen LogP contribution in [-0.4, -0.2) is 17.9 Å². The van der Waals surface area contributed by atoms with E-state index in [0.717, 1.165) is 43.0 Å². The molecule has 2 aromatic carbocycles. The fraction of sp³-hybridized carbons (Fsp3) is 0.391. The van der Waals surface area contributed by atoms with E-state index in [1.54, 1.807) is 0 Å². The highest BCUT2D eigenvalue weighted by molar-refractivity contribution is 5.92. The molecule has 4 heteroatoms. The third-order valence-corrected chi connectivity index (χ3v) is 4.84. The number of carbonyl (C=O) groups is 1. The zero-order chi connectivity index (χ0) is 19.1. The molecule has 0 heterocycles. The highest BCUT2D eigenvalue weighted by Crippen LogP contribution is 2.32. The number of nitrogens with zero attached hydrogens (tertiary/aromatic N) is 1. The molecule has 0 aromatic heterocycles. The number of benzene rings is 2. The Morgan fingerprint density at radius 1 is 0.926 bits per heavy atom. The number of nitrogens with one attached hydrogen (secondary N) is 1. The molecule has 142 valence electrons. The van der Waals surface area contributed by atoms with Gasteiger partial charge in [0.05, 0.1) is 11.8 Å². The molecule has 0 unspecified atom stereocenters. The number of anilines is 1. The number of ether oxygens (including phenoxy) is 1. The minimum Gasteiger partial charge on any atom is -0.478 e. The largest absolute Gasteiger partial charge is 0.478 e. The number of amides is 1. The first kappa shape index (κ1) is 19.2. The second kappa shape index (κ2) is 9.36. The van der Waals surface area contributed by atoms with Crippen LogP contribution >= 0.6 is 0 Å². The molecule has 1 amide bonds. The Morgan fingerprint density at radius 2 is 1.48 bits per heavy atom. The zero-order valence-corrected chi connectivity index (χ0v) is 16.1. The lowest BCUT2D eigenvalue weighted by molar-refractivity contribution is -0.120. The van der Waals surface area contributed by atoms with Crippen LogP contribution in [0.3, 0.4) is 0 Å². The third kappa shape index (κ3) is 5.68. The van der Waals surface area contributed by atoms with Crippen molar-refractivity contribution in [2.24, 2.45) is 16.8 Å². The van der Waals surface area contributed by atoms with Crippen molar-refractivity contribution in [3.63, 3.8) is 0 Å². The van der Waals surface area contributed by atoms with Gasteiger partial charge < -0.3 is 10.1 Å². The van der Waals surface area contributed by atoms with E-state index in [0.29, 0.717) is 0 Å². The number of aliphatic imine (C=N–C) groups is 1. The monoisotopic (exact) mass is 364 g/mol. The SMILES string of the molecule is CC(C)O/C(=N\c1ccccc1)C1CCC(C(=O)Nc2ccccc2)CC1. The average molecular weight is 364 g/mol. The summed E-state index contributed by atoms with van der Waals surface area (Å²) in [5.74, 6) is 1.25. The van der Waals surface area contributed by atoms with Crippen molar-refractivity contribution < 1.29 is 9.53 Å². The summed E-state index contributed by atoms with van der Waals surface area (Å²) in [6.45, 7) is 4.05. The summed E-state index contributed by atoms with van der Waals surface area (Å²) in [6, 6.07) is 19.6. The van der Waals surface area contributed by atoms with E-state index >= 15 is 0 Å². The number of hydrogen-bond acceptors (Lipinski definition) is 3. The Morgan fingerprint density at radius 3 is 2.07 bits per heavy atom. The molecule has 1 aliphatic carbocycles. The Balaban J connectivity index is 1.61. The van der Waals surface area contributed by atoms with E-state index in [2.05, 4.69) is 5.32 Å². The molecule has 0 aliphatic heterocycles. The van der Waals surface area contributed by atoms with Gasteiger partial charge in [-0.1, -0.05) is 36.4 Å². The van der Waals surface area contributed by atoms with Crippen molar-refractivity contribution in [3.05, 3.63) is 60.7 Å². The second-order valence-electron chi connectivity index (χ2n) is 7.36. The standard InChI is InChI=1S/C23H28N2O2/c1-17(2)27-23(25-21-11-7-4-8-12-21)19-15-13-18(14-16-19)22(26)24-20-9-5-3-6-10-20/h3-12,17-19H,13-16H2,1-2H3,(H,24,26)/b25-23-. The van der Waals surface area contributed by atoms with Gasteiger partial charge in [-0.2, -0.15) is 0 Å². The van der Waals surface area contributed by atoms with Crippen molar-refractivity contribution in [2.45, 2.75) is 45.6 Å². The van der Waals surface area contributed by atoms with Crippen molar-refractivity contribution in [1.29, 1.82) is 0 Å². The second-order valence-corrected chi connectivity index (χ2v) is 7.36. The molecule has 0 saturated heterocycles. The lowest BCUT2D eigenvalue weighted by Crippen LogP contribution is -2.31. The minimum atomic E-state index is 0.0541. The lowest BCUT2D eigenvalue weighted by Gasteiger charge is -2.29. The fourth-order valence-corrected chi connectivity index (χ4v) is 3.45. The van der Waals surface area contributed by atoms with E-state index in [9.17, 15) is 4.79 Å². The molecule has 1 N–H and O–H groups in total. The predicted octanol–water partition coefficient (Wildman–Crippen LogP) is 5.59. The Kier molecular flexibility index (Phi) is 6.64. The van der Waals surface area contributed by atoms with Crippen molar-refractivity contribution >= 4 is 23.2 Å². The van der Waals surface area contributed by atoms with E-state index < -0.39 is 0 Å². The first-order chi connectivity index (χ1) is 13.1. The van der Waals surface area contributed by atoms with Crippen LogP contribution < -0.4 is 5.32 Å². The van der Waals surface area contributed by atoms with Crippen molar-refractivity contribution in [2.75, 3.05) is 5.32 Å². The molecular weight excluding hydrogens is 336 g/mol. The number of hydrogen-bond donors (Lipinski definition) is 1. The van der Waals surface area contributed by atoms with Gasteiger partial charge in [-0.05, 0) is 63.8 Å². The molecule has 0 spiro atoms. The van der Waals surface area contributed by atoms with Crippen LogP contribution in [0, 0.1) is 11.8 Å². The normalized spacial score (nSPS) is 20.3. The third-order valence-electron chi connectivity index (χ3n) is 4.84. The molecule has 4 nitrogen and oxygen atoms in total. The van der Waals surface area contributed by atoms with Crippen LogP contribution in [0.5, 0.6) is 0 Å². The van der Waals surface area contributed by atoms with Crippen molar-refractivity contribution in [1.82, 2.24) is 0 Å². The van der Waals surface area contributed by atoms with Crippen LogP contribution in [0.15, 0.2) is 65.7 Å². The molecule has 27 heavy (non-hydrogen) atoms. The summed E-state index contributed by atoms with van der Waals surface area (Å²) >= 11 is 0. The molecular formula is C23H28N2O2. The maximum absolute atomic E-state index is 12.5. The smallest absolute Gasteiger partial charge is 0.227 e. The van der Waals surface area contributed by atoms with E-state index in [1.165, 1.54) is 0 Å². The average Bonchev–Trinajstić information content (AvgIpc) is 2.69. The highest BCUT2D eigenvalue weighted by atomic mass is 16.5. The van der Waals surface area contributed by atoms with Gasteiger partial charge in [0.15, 0.2) is 5.90 Å². The molecule has 0 bridgehead atoms. The van der Waals surface area contributed by atoms with Gasteiger partial charge in [0.2, 0.25) is 5.91 Å². The molecule has 1 fully saturated rings. The quantitative estimate of drug-likeness (QED) is 0.555. The van der Waals surface area contributed by atoms with Crippen LogP contribution in [0.2, 0.25) is 0 Å². The van der Waals surface area contributed by atoms with E-state index in [-0.39, 0.29) is 23.8 Å². The summed E-state index contributed by atoms with van der Waals surface area (Å²) in [7, 11) is 0. The molecule has 2 aromatic rings. The highest BCUT2D eigenvalue weighted by Gasteiger charge is 2.30. The first-order valence-corrected chi connectivity index (χ1v) is 9.78. The van der Waals surface area contributed by atoms with Crippen LogP contribution in [0.4, 0.5) is 11.4 Å². The summed E-state index contributed by atoms with van der Waals surface area (Å²) < 4.78 is 6.03. The number of rotatable bonds is 5. The summed E-state index contributed by atoms with van der Waals surface area (Å²) in [4.78, 5) is 17.3. The summed E-state index contributed by atoms with van der Waals surface area (Å²) in [5.41, 5.74) is 1.77. The van der Waals surface area contributed by atoms with Gasteiger partial charge in [0.1, 0.15) is 0 Å². The molecule has 0 radical (unpaired) electrons.